The quantitative estimate of drug-likeness (QED) is 0.255. The van der Waals surface area contributed by atoms with E-state index in [0.717, 1.165) is 29.5 Å². The van der Waals surface area contributed by atoms with Gasteiger partial charge in [-0.1, -0.05) is 36.5 Å². The normalized spacial score (nSPS) is 11.2. The van der Waals surface area contributed by atoms with Gasteiger partial charge in [0.25, 0.3) is 0 Å². The molecule has 0 spiro atoms. The fourth-order valence-corrected chi connectivity index (χ4v) is 4.42. The van der Waals surface area contributed by atoms with Crippen LogP contribution in [-0.2, 0) is 22.2 Å². The molecule has 0 bridgehead atoms. The van der Waals surface area contributed by atoms with Crippen LogP contribution in [0.25, 0.3) is 10.2 Å². The first-order chi connectivity index (χ1) is 18.1. The average Bonchev–Trinajstić information content (AvgIpc) is 3.28. The van der Waals surface area contributed by atoms with Crippen LogP contribution in [-0.4, -0.2) is 16.8 Å². The summed E-state index contributed by atoms with van der Waals surface area (Å²) >= 11 is 1.10. The summed E-state index contributed by atoms with van der Waals surface area (Å²) in [5, 5.41) is 15.0. The van der Waals surface area contributed by atoms with Gasteiger partial charge in [-0.05, 0) is 35.9 Å². The molecule has 0 aliphatic heterocycles. The van der Waals surface area contributed by atoms with Crippen molar-refractivity contribution in [2.75, 3.05) is 10.6 Å². The van der Waals surface area contributed by atoms with Gasteiger partial charge in [-0.3, -0.25) is 9.59 Å². The number of halogens is 4. The van der Waals surface area contributed by atoms with Crippen molar-refractivity contribution in [3.8, 4) is 17.6 Å². The Bertz CT molecular complexity index is 1580. The maximum Gasteiger partial charge on any atom is 0.416 e. The van der Waals surface area contributed by atoms with Crippen LogP contribution >= 0.6 is 11.3 Å². The number of nitriles is 1. The van der Waals surface area contributed by atoms with E-state index in [1.807, 2.05) is 6.07 Å². The first-order valence-corrected chi connectivity index (χ1v) is 12.0. The van der Waals surface area contributed by atoms with Crippen molar-refractivity contribution in [3.63, 3.8) is 0 Å². The van der Waals surface area contributed by atoms with E-state index < -0.39 is 29.9 Å². The van der Waals surface area contributed by atoms with E-state index in [1.54, 1.807) is 13.0 Å². The molecule has 0 aliphatic carbocycles. The summed E-state index contributed by atoms with van der Waals surface area (Å²) in [4.78, 5) is 28.4. The van der Waals surface area contributed by atoms with Crippen LogP contribution in [0, 0.1) is 17.1 Å². The molecule has 0 saturated carbocycles. The van der Waals surface area contributed by atoms with Gasteiger partial charge in [0.05, 0.1) is 27.9 Å². The van der Waals surface area contributed by atoms with Crippen LogP contribution in [0.4, 0.5) is 28.4 Å². The summed E-state index contributed by atoms with van der Waals surface area (Å²) in [6, 6.07) is 13.0. The molecule has 38 heavy (non-hydrogen) atoms. The lowest BCUT2D eigenvalue weighted by atomic mass is 10.1. The Morgan fingerprint density at radius 1 is 1.08 bits per heavy atom. The number of benzene rings is 3. The van der Waals surface area contributed by atoms with E-state index in [4.69, 9.17) is 4.74 Å². The maximum absolute atomic E-state index is 14.4. The van der Waals surface area contributed by atoms with Gasteiger partial charge in [-0.15, -0.1) is 0 Å². The second kappa shape index (κ2) is 10.9. The highest BCUT2D eigenvalue weighted by Crippen LogP contribution is 2.37. The van der Waals surface area contributed by atoms with Crippen molar-refractivity contribution in [2.45, 2.75) is 25.9 Å². The number of nitrogens with one attached hydrogen (secondary N) is 2. The van der Waals surface area contributed by atoms with Crippen LogP contribution in [0.5, 0.6) is 11.5 Å². The second-order valence-corrected chi connectivity index (χ2v) is 8.99. The smallest absolute Gasteiger partial charge is 0.416 e. The molecule has 0 unspecified atom stereocenters. The van der Waals surface area contributed by atoms with Gasteiger partial charge < -0.3 is 15.4 Å². The number of rotatable bonds is 7. The van der Waals surface area contributed by atoms with Gasteiger partial charge in [0.1, 0.15) is 28.9 Å². The molecule has 2 N–H and O–H groups in total. The zero-order chi connectivity index (χ0) is 27.4. The van der Waals surface area contributed by atoms with Gasteiger partial charge in [0.15, 0.2) is 5.13 Å². The molecular formula is C26H18F4N4O3S. The minimum atomic E-state index is -4.56. The van der Waals surface area contributed by atoms with E-state index in [0.29, 0.717) is 15.3 Å². The van der Waals surface area contributed by atoms with Gasteiger partial charge in [0, 0.05) is 12.5 Å². The highest BCUT2D eigenvalue weighted by Gasteiger charge is 2.30. The number of thiazole rings is 1. The zero-order valence-corrected chi connectivity index (χ0v) is 20.5. The minimum Gasteiger partial charge on any atom is -0.456 e. The van der Waals surface area contributed by atoms with E-state index in [2.05, 4.69) is 15.6 Å². The van der Waals surface area contributed by atoms with Crippen molar-refractivity contribution in [1.29, 1.82) is 5.26 Å². The molecule has 3 aromatic carbocycles. The number of anilines is 2. The molecule has 194 valence electrons. The molecule has 4 aromatic rings. The van der Waals surface area contributed by atoms with Gasteiger partial charge in [-0.2, -0.15) is 18.4 Å². The van der Waals surface area contributed by atoms with Crippen molar-refractivity contribution >= 4 is 44.2 Å². The van der Waals surface area contributed by atoms with Crippen LogP contribution in [0.15, 0.2) is 54.6 Å². The molecule has 0 radical (unpaired) electrons. The third-order valence-electron chi connectivity index (χ3n) is 5.26. The fourth-order valence-electron chi connectivity index (χ4n) is 3.45. The number of fused-ring (bicyclic) bond motifs is 1. The highest BCUT2D eigenvalue weighted by atomic mass is 32.1. The highest BCUT2D eigenvalue weighted by molar-refractivity contribution is 7.22. The molecule has 0 aliphatic rings. The monoisotopic (exact) mass is 542 g/mol. The number of hydrogen-bond acceptors (Lipinski definition) is 6. The Balaban J connectivity index is 1.53. The summed E-state index contributed by atoms with van der Waals surface area (Å²) in [7, 11) is 0. The second-order valence-electron chi connectivity index (χ2n) is 7.99. The molecular weight excluding hydrogens is 524 g/mol. The summed E-state index contributed by atoms with van der Waals surface area (Å²) in [6.45, 7) is 1.69. The van der Waals surface area contributed by atoms with Crippen molar-refractivity contribution in [3.05, 3.63) is 77.1 Å². The molecule has 0 saturated heterocycles. The lowest BCUT2D eigenvalue weighted by molar-refractivity contribution is -0.137. The molecule has 0 atom stereocenters. The Hall–Kier alpha value is -4.50. The third-order valence-corrected chi connectivity index (χ3v) is 6.26. The maximum atomic E-state index is 14.4. The van der Waals surface area contributed by atoms with Gasteiger partial charge in [-0.25, -0.2) is 9.37 Å². The zero-order valence-electron chi connectivity index (χ0n) is 19.6. The predicted molar refractivity (Wildman–Crippen MR) is 134 cm³/mol. The van der Waals surface area contributed by atoms with Crippen LogP contribution in [0.2, 0.25) is 0 Å². The van der Waals surface area contributed by atoms with Crippen LogP contribution in [0.3, 0.4) is 0 Å². The van der Waals surface area contributed by atoms with Crippen molar-refractivity contribution in [1.82, 2.24) is 4.98 Å². The number of carbonyl (C=O) groups excluding carboxylic acids is 2. The summed E-state index contributed by atoms with van der Waals surface area (Å²) in [6.07, 6.45) is -4.70. The number of aromatic nitrogens is 1. The Morgan fingerprint density at radius 2 is 1.87 bits per heavy atom. The fraction of sp³-hybridized carbons (Fsp3) is 0.154. The summed E-state index contributed by atoms with van der Waals surface area (Å²) < 4.78 is 59.5. The number of alkyl halides is 3. The van der Waals surface area contributed by atoms with Gasteiger partial charge in [0.2, 0.25) is 11.8 Å². The molecule has 2 amide bonds. The minimum absolute atomic E-state index is 0.0978. The Kier molecular flexibility index (Phi) is 7.59. The lowest BCUT2D eigenvalue weighted by Crippen LogP contribution is -2.16. The number of carbonyl (C=O) groups is 2. The topological polar surface area (TPSA) is 104 Å². The Morgan fingerprint density at radius 3 is 2.58 bits per heavy atom. The molecule has 7 nitrogen and oxygen atoms in total. The van der Waals surface area contributed by atoms with E-state index in [-0.39, 0.29) is 40.6 Å². The number of hydrogen-bond donors (Lipinski definition) is 2. The van der Waals surface area contributed by atoms with E-state index in [9.17, 15) is 32.4 Å². The first-order valence-electron chi connectivity index (χ1n) is 11.1. The van der Waals surface area contributed by atoms with Crippen LogP contribution in [0.1, 0.15) is 30.0 Å². The summed E-state index contributed by atoms with van der Waals surface area (Å²) in [5.41, 5.74) is -0.406. The molecule has 1 aromatic heterocycles. The summed E-state index contributed by atoms with van der Waals surface area (Å²) in [5.74, 6) is -1.51. The lowest BCUT2D eigenvalue weighted by Gasteiger charge is -2.12. The number of nitrogens with zero attached hydrogens (tertiary/aromatic N) is 2. The molecule has 0 fully saturated rings. The molecule has 4 rings (SSSR count). The SMILES string of the molecule is CCC(=O)Nc1nc2ccc(Oc3ccc(F)c(NC(=O)Cc4cccc(C(F)(F)F)c4)c3)c(C#N)c2s1. The third kappa shape index (κ3) is 6.07. The molecule has 1 heterocycles. The van der Waals surface area contributed by atoms with Gasteiger partial charge >= 0.3 is 6.18 Å². The standard InChI is InChI=1S/C26H18F4N4O3S/c1-2-22(35)34-25-33-19-8-9-21(17(13-31)24(19)38-25)37-16-6-7-18(27)20(12-16)32-23(36)11-14-4-3-5-15(10-14)26(28,29)30/h3-10,12H,2,11H2,1H3,(H,32,36)(H,33,34,35). The predicted octanol–water partition coefficient (Wildman–Crippen LogP) is 6.65. The average molecular weight is 543 g/mol. The molecule has 12 heteroatoms. The van der Waals surface area contributed by atoms with Crippen molar-refractivity contribution < 1.29 is 31.9 Å². The Labute approximate surface area is 217 Å². The van der Waals surface area contributed by atoms with E-state index in [1.165, 1.54) is 30.3 Å². The first kappa shape index (κ1) is 26.6. The van der Waals surface area contributed by atoms with Crippen molar-refractivity contribution in [2.24, 2.45) is 0 Å². The number of ether oxygens (including phenoxy) is 1. The largest absolute Gasteiger partial charge is 0.456 e. The van der Waals surface area contributed by atoms with Crippen LogP contribution < -0.4 is 15.4 Å². The number of amides is 2. The van der Waals surface area contributed by atoms with E-state index >= 15 is 0 Å².